The lowest BCUT2D eigenvalue weighted by Crippen LogP contribution is -2.21. The average Bonchev–Trinajstić information content (AvgIpc) is 3.06. The minimum Gasteiger partial charge on any atom is -0.465 e. The third-order valence-corrected chi connectivity index (χ3v) is 3.13. The lowest BCUT2D eigenvalue weighted by molar-refractivity contribution is 0.0562. The first kappa shape index (κ1) is 14.4. The zero-order valence-corrected chi connectivity index (χ0v) is 12.1. The van der Waals surface area contributed by atoms with Crippen LogP contribution in [0.1, 0.15) is 53.8 Å². The Hall–Kier alpha value is -2.01. The Bertz CT molecular complexity index is 584. The summed E-state index contributed by atoms with van der Waals surface area (Å²) in [5.74, 6) is 2.16. The molecule has 0 saturated carbocycles. The first-order chi connectivity index (χ1) is 9.51. The van der Waals surface area contributed by atoms with Gasteiger partial charge in [-0.3, -0.25) is 5.32 Å². The van der Waals surface area contributed by atoms with Crippen LogP contribution in [0.4, 0.5) is 0 Å². The van der Waals surface area contributed by atoms with E-state index in [9.17, 15) is 4.79 Å². The maximum atomic E-state index is 11.3. The van der Waals surface area contributed by atoms with Crippen LogP contribution in [0, 0.1) is 6.92 Å². The average molecular weight is 277 g/mol. The SMILES string of the molecule is COC(=O)c1ccc([C@@H](C)N[C@@H](C)c2ccc(C)o2)o1. The van der Waals surface area contributed by atoms with Gasteiger partial charge >= 0.3 is 5.97 Å². The standard InChI is InChI=1S/C15H19NO4/c1-9-5-6-12(19-9)10(2)16-11(3)13-7-8-14(20-13)15(17)18-4/h5-8,10-11,16H,1-4H3/t10-,11+/m0/s1. The molecule has 20 heavy (non-hydrogen) atoms. The Morgan fingerprint density at radius 3 is 2.25 bits per heavy atom. The predicted octanol–water partition coefficient (Wildman–Crippen LogP) is 3.38. The minimum absolute atomic E-state index is 0.0466. The molecule has 0 unspecified atom stereocenters. The first-order valence-electron chi connectivity index (χ1n) is 6.51. The van der Waals surface area contributed by atoms with Crippen LogP contribution in [0.5, 0.6) is 0 Å². The van der Waals surface area contributed by atoms with Gasteiger partial charge in [-0.25, -0.2) is 4.79 Å². The van der Waals surface area contributed by atoms with E-state index in [2.05, 4.69) is 10.1 Å². The van der Waals surface area contributed by atoms with Crippen molar-refractivity contribution in [2.24, 2.45) is 0 Å². The van der Waals surface area contributed by atoms with Gasteiger partial charge in [-0.2, -0.15) is 0 Å². The maximum absolute atomic E-state index is 11.3. The van der Waals surface area contributed by atoms with E-state index in [1.165, 1.54) is 7.11 Å². The Morgan fingerprint density at radius 1 is 1.10 bits per heavy atom. The van der Waals surface area contributed by atoms with Crippen LogP contribution in [-0.2, 0) is 4.74 Å². The largest absolute Gasteiger partial charge is 0.465 e. The summed E-state index contributed by atoms with van der Waals surface area (Å²) in [6.07, 6.45) is 0. The van der Waals surface area contributed by atoms with E-state index in [0.29, 0.717) is 5.76 Å². The molecule has 1 N–H and O–H groups in total. The van der Waals surface area contributed by atoms with Crippen molar-refractivity contribution in [1.82, 2.24) is 5.32 Å². The van der Waals surface area contributed by atoms with Crippen LogP contribution in [-0.4, -0.2) is 13.1 Å². The summed E-state index contributed by atoms with van der Waals surface area (Å²) < 4.78 is 15.7. The summed E-state index contributed by atoms with van der Waals surface area (Å²) in [4.78, 5) is 11.3. The quantitative estimate of drug-likeness (QED) is 0.849. The van der Waals surface area contributed by atoms with Gasteiger partial charge in [0.15, 0.2) is 0 Å². The summed E-state index contributed by atoms with van der Waals surface area (Å²) in [5, 5.41) is 3.36. The number of furan rings is 2. The summed E-state index contributed by atoms with van der Waals surface area (Å²) in [5.41, 5.74) is 0. The van der Waals surface area contributed by atoms with Crippen molar-refractivity contribution in [2.75, 3.05) is 7.11 Å². The molecule has 0 radical (unpaired) electrons. The molecule has 0 aromatic carbocycles. The van der Waals surface area contributed by atoms with E-state index in [1.54, 1.807) is 12.1 Å². The zero-order chi connectivity index (χ0) is 14.7. The molecule has 2 rings (SSSR count). The lowest BCUT2D eigenvalue weighted by Gasteiger charge is -2.16. The van der Waals surface area contributed by atoms with Gasteiger partial charge < -0.3 is 13.6 Å². The van der Waals surface area contributed by atoms with E-state index < -0.39 is 5.97 Å². The normalized spacial score (nSPS) is 14.0. The second-order valence-electron chi connectivity index (χ2n) is 4.75. The number of rotatable bonds is 5. The second kappa shape index (κ2) is 5.96. The number of hydrogen-bond acceptors (Lipinski definition) is 5. The molecule has 0 bridgehead atoms. The fourth-order valence-electron chi connectivity index (χ4n) is 2.02. The number of carbonyl (C=O) groups is 1. The summed E-state index contributed by atoms with van der Waals surface area (Å²) in [6, 6.07) is 7.26. The number of ether oxygens (including phenoxy) is 1. The van der Waals surface area contributed by atoms with Crippen molar-refractivity contribution in [3.63, 3.8) is 0 Å². The van der Waals surface area contributed by atoms with Gasteiger partial charge in [-0.05, 0) is 45.0 Å². The fourth-order valence-corrected chi connectivity index (χ4v) is 2.02. The smallest absolute Gasteiger partial charge is 0.373 e. The molecule has 5 heteroatoms. The number of carbonyl (C=O) groups excluding carboxylic acids is 1. The highest BCUT2D eigenvalue weighted by atomic mass is 16.5. The molecule has 0 fully saturated rings. The molecule has 2 aromatic heterocycles. The highest BCUT2D eigenvalue weighted by Crippen LogP contribution is 2.22. The summed E-state index contributed by atoms with van der Waals surface area (Å²) in [6.45, 7) is 5.89. The number of nitrogens with one attached hydrogen (secondary N) is 1. The number of hydrogen-bond donors (Lipinski definition) is 1. The highest BCUT2D eigenvalue weighted by Gasteiger charge is 2.18. The van der Waals surface area contributed by atoms with Crippen LogP contribution in [0.25, 0.3) is 0 Å². The van der Waals surface area contributed by atoms with Crippen molar-refractivity contribution < 1.29 is 18.4 Å². The zero-order valence-electron chi connectivity index (χ0n) is 12.1. The van der Waals surface area contributed by atoms with Gasteiger partial charge in [0.1, 0.15) is 17.3 Å². The Morgan fingerprint density at radius 2 is 1.70 bits per heavy atom. The lowest BCUT2D eigenvalue weighted by atomic mass is 10.2. The maximum Gasteiger partial charge on any atom is 0.373 e. The molecular formula is C15H19NO4. The molecule has 0 amide bonds. The molecule has 0 aliphatic rings. The van der Waals surface area contributed by atoms with Gasteiger partial charge in [-0.1, -0.05) is 0 Å². The molecule has 2 heterocycles. The molecule has 108 valence electrons. The van der Waals surface area contributed by atoms with Gasteiger partial charge in [0.2, 0.25) is 5.76 Å². The van der Waals surface area contributed by atoms with Crippen LogP contribution in [0.3, 0.4) is 0 Å². The molecule has 0 spiro atoms. The van der Waals surface area contributed by atoms with E-state index in [-0.39, 0.29) is 17.8 Å². The van der Waals surface area contributed by atoms with Crippen molar-refractivity contribution >= 4 is 5.97 Å². The van der Waals surface area contributed by atoms with Crippen molar-refractivity contribution in [3.05, 3.63) is 47.3 Å². The van der Waals surface area contributed by atoms with Crippen molar-refractivity contribution in [2.45, 2.75) is 32.9 Å². The molecular weight excluding hydrogens is 258 g/mol. The van der Waals surface area contributed by atoms with E-state index in [1.807, 2.05) is 32.9 Å². The predicted molar refractivity (Wildman–Crippen MR) is 73.5 cm³/mol. The molecule has 2 aromatic rings. The van der Waals surface area contributed by atoms with Crippen LogP contribution in [0.2, 0.25) is 0 Å². The van der Waals surface area contributed by atoms with Crippen molar-refractivity contribution in [1.29, 1.82) is 0 Å². The Kier molecular flexibility index (Phi) is 4.29. The van der Waals surface area contributed by atoms with Gasteiger partial charge in [0, 0.05) is 0 Å². The topological polar surface area (TPSA) is 64.6 Å². The van der Waals surface area contributed by atoms with E-state index in [0.717, 1.165) is 11.5 Å². The second-order valence-corrected chi connectivity index (χ2v) is 4.75. The number of aryl methyl sites for hydroxylation is 1. The van der Waals surface area contributed by atoms with E-state index in [4.69, 9.17) is 8.83 Å². The van der Waals surface area contributed by atoms with Gasteiger partial charge in [-0.15, -0.1) is 0 Å². The third-order valence-electron chi connectivity index (χ3n) is 3.13. The monoisotopic (exact) mass is 277 g/mol. The minimum atomic E-state index is -0.474. The summed E-state index contributed by atoms with van der Waals surface area (Å²) >= 11 is 0. The summed E-state index contributed by atoms with van der Waals surface area (Å²) in [7, 11) is 1.33. The Labute approximate surface area is 117 Å². The van der Waals surface area contributed by atoms with Crippen LogP contribution in [0.15, 0.2) is 33.1 Å². The molecule has 0 aliphatic carbocycles. The van der Waals surface area contributed by atoms with Gasteiger partial charge in [0.05, 0.1) is 19.2 Å². The third kappa shape index (κ3) is 3.11. The number of esters is 1. The van der Waals surface area contributed by atoms with Gasteiger partial charge in [0.25, 0.3) is 0 Å². The highest BCUT2D eigenvalue weighted by molar-refractivity contribution is 5.86. The Balaban J connectivity index is 2.02. The fraction of sp³-hybridized carbons (Fsp3) is 0.400. The van der Waals surface area contributed by atoms with Crippen LogP contribution < -0.4 is 5.32 Å². The molecule has 5 nitrogen and oxygen atoms in total. The molecule has 0 aliphatic heterocycles. The first-order valence-corrected chi connectivity index (χ1v) is 6.51. The van der Waals surface area contributed by atoms with E-state index >= 15 is 0 Å². The molecule has 2 atom stereocenters. The van der Waals surface area contributed by atoms with Crippen molar-refractivity contribution in [3.8, 4) is 0 Å². The van der Waals surface area contributed by atoms with Crippen LogP contribution >= 0.6 is 0 Å². The number of methoxy groups -OCH3 is 1. The molecule has 0 saturated heterocycles.